The van der Waals surface area contributed by atoms with Crippen molar-refractivity contribution in [3.05, 3.63) is 35.9 Å². The summed E-state index contributed by atoms with van der Waals surface area (Å²) in [5.41, 5.74) is -2.10. The van der Waals surface area contributed by atoms with Gasteiger partial charge in [0.2, 0.25) is 0 Å². The molecule has 1 aliphatic heterocycles. The van der Waals surface area contributed by atoms with Crippen LogP contribution in [0.25, 0.3) is 0 Å². The number of methoxy groups -OCH3 is 5. The molecule has 13 atom stereocenters. The average Bonchev–Trinajstić information content (AvgIpc) is 3.37. The molecule has 42 heavy (non-hydrogen) atoms. The fourth-order valence-electron chi connectivity index (χ4n) is 12.2. The summed E-state index contributed by atoms with van der Waals surface area (Å²) in [5.74, 6) is -0.618. The highest BCUT2D eigenvalue weighted by molar-refractivity contribution is 5.89. The number of nitrogens with zero attached hydrogens (tertiary/aromatic N) is 1. The molecule has 6 aliphatic rings. The van der Waals surface area contributed by atoms with Gasteiger partial charge in [-0.2, -0.15) is 0 Å². The first kappa shape index (κ1) is 29.1. The molecule has 9 nitrogen and oxygen atoms in total. The molecule has 1 aromatic rings. The Kier molecular flexibility index (Phi) is 6.91. The summed E-state index contributed by atoms with van der Waals surface area (Å²) in [4.78, 5) is 16.3. The first-order valence-electron chi connectivity index (χ1n) is 15.6. The number of likely N-dealkylation sites (tertiary alicyclic amines) is 1. The summed E-state index contributed by atoms with van der Waals surface area (Å²) < 4.78 is 38.5. The van der Waals surface area contributed by atoms with Crippen molar-refractivity contribution in [3.8, 4) is 0 Å². The second-order valence-electron chi connectivity index (χ2n) is 13.9. The molecular weight excluding hydrogens is 538 g/mol. The van der Waals surface area contributed by atoms with Crippen molar-refractivity contribution >= 4 is 5.97 Å². The van der Waals surface area contributed by atoms with Crippen LogP contribution in [0.5, 0.6) is 0 Å². The fraction of sp³-hybridized carbons (Fsp3) is 0.788. The Hall–Kier alpha value is -1.59. The lowest BCUT2D eigenvalue weighted by molar-refractivity contribution is -0.288. The van der Waals surface area contributed by atoms with E-state index in [1.807, 2.05) is 32.4 Å². The molecule has 0 amide bonds. The van der Waals surface area contributed by atoms with Gasteiger partial charge in [-0.05, 0) is 43.9 Å². The summed E-state index contributed by atoms with van der Waals surface area (Å²) in [6.45, 7) is 4.70. The van der Waals surface area contributed by atoms with E-state index in [1.54, 1.807) is 33.5 Å². The topological polar surface area (TPSA) is 95.9 Å². The van der Waals surface area contributed by atoms with Gasteiger partial charge in [0.1, 0.15) is 11.7 Å². The zero-order valence-corrected chi connectivity index (χ0v) is 25.8. The SMILES string of the molecule is CCN1C[C@]2(COC)CC[C@H](OC)[C@@]34[C@@H]5C[C@]6(O)[C@@H](OC)C[C@@](OC)([C@H]5[C@H]6OC(=O)c5ccccc5)[C@@H]([C@H](OC)[C@H]23)[C@@H]14. The smallest absolute Gasteiger partial charge is 0.338 e. The summed E-state index contributed by atoms with van der Waals surface area (Å²) in [6, 6.07) is 9.16. The van der Waals surface area contributed by atoms with Gasteiger partial charge in [-0.15, -0.1) is 0 Å². The van der Waals surface area contributed by atoms with Crippen LogP contribution in [-0.4, -0.2) is 113 Å². The molecule has 7 rings (SSSR count). The van der Waals surface area contributed by atoms with E-state index in [0.29, 0.717) is 25.0 Å². The Labute approximate surface area is 249 Å². The van der Waals surface area contributed by atoms with E-state index in [9.17, 15) is 9.90 Å². The minimum absolute atomic E-state index is 0.0357. The van der Waals surface area contributed by atoms with Crippen LogP contribution in [0.3, 0.4) is 0 Å². The Bertz CT molecular complexity index is 1200. The predicted molar refractivity (Wildman–Crippen MR) is 153 cm³/mol. The van der Waals surface area contributed by atoms with Crippen molar-refractivity contribution in [2.75, 3.05) is 55.2 Å². The van der Waals surface area contributed by atoms with Gasteiger partial charge in [0, 0.05) is 83.1 Å². The zero-order valence-electron chi connectivity index (χ0n) is 25.8. The molecule has 0 aromatic heterocycles. The molecule has 6 fully saturated rings. The Morgan fingerprint density at radius 2 is 1.74 bits per heavy atom. The van der Waals surface area contributed by atoms with E-state index in [4.69, 9.17) is 28.4 Å². The van der Waals surface area contributed by atoms with Crippen LogP contribution >= 0.6 is 0 Å². The van der Waals surface area contributed by atoms with Gasteiger partial charge in [-0.1, -0.05) is 25.1 Å². The molecule has 5 aliphatic carbocycles. The van der Waals surface area contributed by atoms with Crippen molar-refractivity contribution in [3.63, 3.8) is 0 Å². The fourth-order valence-corrected chi connectivity index (χ4v) is 12.2. The van der Waals surface area contributed by atoms with Gasteiger partial charge >= 0.3 is 5.97 Å². The number of rotatable bonds is 9. The van der Waals surface area contributed by atoms with Crippen LogP contribution < -0.4 is 0 Å². The Morgan fingerprint density at radius 1 is 1.00 bits per heavy atom. The van der Waals surface area contributed by atoms with Crippen molar-refractivity contribution in [2.45, 2.75) is 74.3 Å². The van der Waals surface area contributed by atoms with E-state index in [2.05, 4.69) is 11.8 Å². The van der Waals surface area contributed by atoms with Crippen molar-refractivity contribution in [1.82, 2.24) is 4.90 Å². The standard InChI is InChI=1S/C33H47NO8/c1-7-34-17-30(18-37-2)14-13-21(38-3)33-20-15-31(36)22(39-4)16-32(41-6,24(27(33)34)25(40-5)26(30)33)23(20)28(31)42-29(35)19-11-9-8-10-12-19/h8-12,20-28,36H,7,13-18H2,1-6H3/t20-,21+,22+,23-,24+,25+,26-,27-,28-,30+,31+,32-,33+/m1/s1. The normalized spacial score (nSPS) is 50.1. The number of benzene rings is 1. The molecule has 7 bridgehead atoms. The van der Waals surface area contributed by atoms with E-state index >= 15 is 0 Å². The number of aliphatic hydroxyl groups is 1. The molecule has 5 saturated carbocycles. The van der Waals surface area contributed by atoms with Gasteiger partial charge in [-0.3, -0.25) is 4.90 Å². The number of ether oxygens (including phenoxy) is 6. The second-order valence-corrected chi connectivity index (χ2v) is 13.9. The van der Waals surface area contributed by atoms with Crippen molar-refractivity contribution < 1.29 is 38.3 Å². The number of piperidine rings is 1. The number of hydrogen-bond donors (Lipinski definition) is 1. The third-order valence-corrected chi connectivity index (χ3v) is 13.0. The molecule has 1 heterocycles. The van der Waals surface area contributed by atoms with Gasteiger partial charge in [0.05, 0.1) is 36.1 Å². The first-order chi connectivity index (χ1) is 20.3. The lowest BCUT2D eigenvalue weighted by Crippen LogP contribution is -2.77. The highest BCUT2D eigenvalue weighted by Crippen LogP contribution is 2.80. The van der Waals surface area contributed by atoms with Crippen molar-refractivity contribution in [2.24, 2.45) is 34.5 Å². The maximum absolute atomic E-state index is 13.7. The van der Waals surface area contributed by atoms with E-state index in [1.165, 1.54) is 0 Å². The monoisotopic (exact) mass is 585 g/mol. The second kappa shape index (κ2) is 9.96. The third kappa shape index (κ3) is 3.26. The van der Waals surface area contributed by atoms with Crippen LogP contribution in [0.2, 0.25) is 0 Å². The molecule has 9 heteroatoms. The molecule has 1 N–H and O–H groups in total. The molecule has 0 unspecified atom stereocenters. The number of carbonyl (C=O) groups excluding carboxylic acids is 1. The Balaban J connectivity index is 1.46. The molecular formula is C33H47NO8. The van der Waals surface area contributed by atoms with Crippen LogP contribution in [0, 0.1) is 34.5 Å². The molecule has 0 radical (unpaired) electrons. The van der Waals surface area contributed by atoms with Gasteiger partial charge in [-0.25, -0.2) is 4.79 Å². The zero-order chi connectivity index (χ0) is 29.7. The number of hydrogen-bond acceptors (Lipinski definition) is 9. The molecule has 232 valence electrons. The van der Waals surface area contributed by atoms with Gasteiger partial charge < -0.3 is 33.5 Å². The lowest BCUT2D eigenvalue weighted by Gasteiger charge is -2.69. The van der Waals surface area contributed by atoms with Crippen LogP contribution in [0.1, 0.15) is 43.0 Å². The number of carbonyl (C=O) groups is 1. The van der Waals surface area contributed by atoms with Crippen LogP contribution in [0.4, 0.5) is 0 Å². The summed E-state index contributed by atoms with van der Waals surface area (Å²) >= 11 is 0. The summed E-state index contributed by atoms with van der Waals surface area (Å²) in [5, 5.41) is 12.7. The minimum Gasteiger partial charge on any atom is -0.455 e. The minimum atomic E-state index is -1.36. The number of esters is 1. The van der Waals surface area contributed by atoms with Crippen LogP contribution in [-0.2, 0) is 28.4 Å². The molecule has 1 aromatic carbocycles. The van der Waals surface area contributed by atoms with Crippen molar-refractivity contribution in [1.29, 1.82) is 0 Å². The van der Waals surface area contributed by atoms with E-state index in [-0.39, 0.29) is 52.8 Å². The van der Waals surface area contributed by atoms with Crippen LogP contribution in [0.15, 0.2) is 30.3 Å². The first-order valence-corrected chi connectivity index (χ1v) is 15.6. The Morgan fingerprint density at radius 3 is 2.36 bits per heavy atom. The molecule has 1 saturated heterocycles. The summed E-state index contributed by atoms with van der Waals surface area (Å²) in [6.07, 6.45) is 1.34. The van der Waals surface area contributed by atoms with Gasteiger partial charge in [0.25, 0.3) is 0 Å². The van der Waals surface area contributed by atoms with Gasteiger partial charge in [0.15, 0.2) is 0 Å². The quantitative estimate of drug-likeness (QED) is 0.439. The number of fused-ring (bicyclic) bond motifs is 2. The average molecular weight is 586 g/mol. The summed E-state index contributed by atoms with van der Waals surface area (Å²) in [7, 11) is 8.91. The predicted octanol–water partition coefficient (Wildman–Crippen LogP) is 2.79. The third-order valence-electron chi connectivity index (χ3n) is 13.0. The largest absolute Gasteiger partial charge is 0.455 e. The van der Waals surface area contributed by atoms with E-state index in [0.717, 1.165) is 25.9 Å². The molecule has 1 spiro atoms. The maximum atomic E-state index is 13.7. The lowest BCUT2D eigenvalue weighted by atomic mass is 9.43. The maximum Gasteiger partial charge on any atom is 0.338 e. The highest BCUT2D eigenvalue weighted by atomic mass is 16.6. The van der Waals surface area contributed by atoms with E-state index < -0.39 is 29.4 Å². The highest BCUT2D eigenvalue weighted by Gasteiger charge is 2.89.